The minimum Gasteiger partial charge on any atom is -0.376 e. The largest absolute Gasteiger partial charge is 0.376 e. The van der Waals surface area contributed by atoms with Gasteiger partial charge in [0.15, 0.2) is 0 Å². The van der Waals surface area contributed by atoms with Crippen molar-refractivity contribution in [3.63, 3.8) is 0 Å². The van der Waals surface area contributed by atoms with E-state index < -0.39 is 5.60 Å². The molecule has 4 nitrogen and oxygen atoms in total. The predicted molar refractivity (Wildman–Crippen MR) is 117 cm³/mol. The molecular formula is C26H22N2O2. The number of benzene rings is 3. The van der Waals surface area contributed by atoms with Gasteiger partial charge in [0, 0.05) is 18.3 Å². The topological polar surface area (TPSA) is 62.2 Å². The summed E-state index contributed by atoms with van der Waals surface area (Å²) in [5.41, 5.74) is 1.44. The molecule has 1 heterocycles. The van der Waals surface area contributed by atoms with E-state index in [0.29, 0.717) is 23.2 Å². The Hall–Kier alpha value is -3.76. The lowest BCUT2D eigenvalue weighted by molar-refractivity contribution is 0.0921. The maximum atomic E-state index is 13.1. The fourth-order valence-corrected chi connectivity index (χ4v) is 3.58. The molecule has 4 aromatic rings. The van der Waals surface area contributed by atoms with Crippen LogP contribution in [0.25, 0.3) is 0 Å². The summed E-state index contributed by atoms with van der Waals surface area (Å²) in [7, 11) is 0. The molecule has 4 heteroatoms. The standard InChI is InChI=1S/C26H22N2O2/c29-25(28-19-20-11-4-1-5-12-20)24-23(17-10-18-27-24)26(30,21-13-6-2-7-14-21)22-15-8-3-9-16-22/h1-18,30H,19H2,(H,28,29). The Morgan fingerprint density at radius 1 is 0.767 bits per heavy atom. The molecule has 0 saturated carbocycles. The van der Waals surface area contributed by atoms with Gasteiger partial charge < -0.3 is 10.4 Å². The van der Waals surface area contributed by atoms with Crippen LogP contribution >= 0.6 is 0 Å². The van der Waals surface area contributed by atoms with E-state index in [-0.39, 0.29) is 11.6 Å². The van der Waals surface area contributed by atoms with Crippen LogP contribution in [0.3, 0.4) is 0 Å². The van der Waals surface area contributed by atoms with E-state index in [9.17, 15) is 9.90 Å². The van der Waals surface area contributed by atoms with Gasteiger partial charge in [0.05, 0.1) is 0 Å². The van der Waals surface area contributed by atoms with Crippen LogP contribution in [-0.2, 0) is 12.1 Å². The maximum absolute atomic E-state index is 13.1. The van der Waals surface area contributed by atoms with Crippen LogP contribution in [0.4, 0.5) is 0 Å². The number of hydrogen-bond acceptors (Lipinski definition) is 3. The van der Waals surface area contributed by atoms with Crippen LogP contribution in [0.2, 0.25) is 0 Å². The molecule has 0 spiro atoms. The van der Waals surface area contributed by atoms with Crippen molar-refractivity contribution in [2.24, 2.45) is 0 Å². The Morgan fingerprint density at radius 2 is 1.30 bits per heavy atom. The summed E-state index contributed by atoms with van der Waals surface area (Å²) in [6, 6.07) is 31.9. The number of pyridine rings is 1. The summed E-state index contributed by atoms with van der Waals surface area (Å²) in [4.78, 5) is 17.4. The highest BCUT2D eigenvalue weighted by Crippen LogP contribution is 2.37. The van der Waals surface area contributed by atoms with Crippen LogP contribution in [0, 0.1) is 0 Å². The highest BCUT2D eigenvalue weighted by molar-refractivity contribution is 5.94. The molecule has 0 fully saturated rings. The molecule has 1 aromatic heterocycles. The zero-order valence-corrected chi connectivity index (χ0v) is 16.4. The average Bonchev–Trinajstić information content (AvgIpc) is 2.84. The van der Waals surface area contributed by atoms with Crippen LogP contribution < -0.4 is 5.32 Å². The lowest BCUT2D eigenvalue weighted by Crippen LogP contribution is -2.34. The maximum Gasteiger partial charge on any atom is 0.270 e. The summed E-state index contributed by atoms with van der Waals surface area (Å²) in [5.74, 6) is -0.334. The lowest BCUT2D eigenvalue weighted by Gasteiger charge is -2.31. The first-order valence-electron chi connectivity index (χ1n) is 9.80. The van der Waals surface area contributed by atoms with Crippen LogP contribution in [0.1, 0.15) is 32.7 Å². The van der Waals surface area contributed by atoms with Crippen LogP contribution in [-0.4, -0.2) is 16.0 Å². The van der Waals surface area contributed by atoms with Crippen LogP contribution in [0.5, 0.6) is 0 Å². The van der Waals surface area contributed by atoms with Crippen molar-refractivity contribution >= 4 is 5.91 Å². The molecule has 0 bridgehead atoms. The number of aromatic nitrogens is 1. The monoisotopic (exact) mass is 394 g/mol. The molecule has 0 atom stereocenters. The van der Waals surface area contributed by atoms with Gasteiger partial charge in [-0.15, -0.1) is 0 Å². The van der Waals surface area contributed by atoms with Gasteiger partial charge in [-0.1, -0.05) is 97.1 Å². The third kappa shape index (κ3) is 3.86. The molecule has 0 radical (unpaired) electrons. The van der Waals surface area contributed by atoms with E-state index in [2.05, 4.69) is 10.3 Å². The number of carbonyl (C=O) groups excluding carboxylic acids is 1. The quantitative estimate of drug-likeness (QED) is 0.513. The Bertz CT molecular complexity index is 1070. The molecular weight excluding hydrogens is 372 g/mol. The fraction of sp³-hybridized carbons (Fsp3) is 0.0769. The number of nitrogens with one attached hydrogen (secondary N) is 1. The lowest BCUT2D eigenvalue weighted by atomic mass is 9.79. The van der Waals surface area contributed by atoms with Gasteiger partial charge >= 0.3 is 0 Å². The number of hydrogen-bond donors (Lipinski definition) is 2. The highest BCUT2D eigenvalue weighted by atomic mass is 16.3. The Kier molecular flexibility index (Phi) is 5.68. The zero-order valence-electron chi connectivity index (χ0n) is 16.4. The summed E-state index contributed by atoms with van der Waals surface area (Å²) in [6.45, 7) is 0.380. The SMILES string of the molecule is O=C(NCc1ccccc1)c1ncccc1C(O)(c1ccccc1)c1ccccc1. The van der Waals surface area contributed by atoms with Crippen molar-refractivity contribution in [2.45, 2.75) is 12.1 Å². The molecule has 2 N–H and O–H groups in total. The fourth-order valence-electron chi connectivity index (χ4n) is 3.58. The van der Waals surface area contributed by atoms with E-state index in [0.717, 1.165) is 5.56 Å². The number of aliphatic hydroxyl groups is 1. The number of nitrogens with zero attached hydrogens (tertiary/aromatic N) is 1. The second kappa shape index (κ2) is 8.72. The van der Waals surface area contributed by atoms with Crippen LogP contribution in [0.15, 0.2) is 109 Å². The van der Waals surface area contributed by atoms with E-state index in [1.165, 1.54) is 0 Å². The third-order valence-corrected chi connectivity index (χ3v) is 5.09. The van der Waals surface area contributed by atoms with Crippen molar-refractivity contribution < 1.29 is 9.90 Å². The first kappa shape index (κ1) is 19.6. The molecule has 0 aliphatic rings. The average molecular weight is 394 g/mol. The number of carbonyl (C=O) groups is 1. The van der Waals surface area contributed by atoms with E-state index in [1.54, 1.807) is 18.3 Å². The summed E-state index contributed by atoms with van der Waals surface area (Å²) >= 11 is 0. The molecule has 0 aliphatic carbocycles. The molecule has 0 saturated heterocycles. The minimum absolute atomic E-state index is 0.198. The van der Waals surface area contributed by atoms with Crippen molar-refractivity contribution in [2.75, 3.05) is 0 Å². The minimum atomic E-state index is -1.52. The van der Waals surface area contributed by atoms with Crippen molar-refractivity contribution in [1.29, 1.82) is 0 Å². The second-order valence-electron chi connectivity index (χ2n) is 7.01. The van der Waals surface area contributed by atoms with E-state index in [4.69, 9.17) is 0 Å². The molecule has 0 unspecified atom stereocenters. The molecule has 148 valence electrons. The zero-order chi connectivity index (χ0) is 20.8. The van der Waals surface area contributed by atoms with Crippen molar-refractivity contribution in [3.05, 3.63) is 137 Å². The molecule has 1 amide bonds. The Labute approximate surface area is 175 Å². The van der Waals surface area contributed by atoms with Crippen molar-refractivity contribution in [1.82, 2.24) is 10.3 Å². The molecule has 3 aromatic carbocycles. The van der Waals surface area contributed by atoms with Gasteiger partial charge in [0.25, 0.3) is 5.91 Å². The normalized spacial score (nSPS) is 11.1. The summed E-state index contributed by atoms with van der Waals surface area (Å²) < 4.78 is 0. The third-order valence-electron chi connectivity index (χ3n) is 5.09. The summed E-state index contributed by atoms with van der Waals surface area (Å²) in [5, 5.41) is 14.9. The second-order valence-corrected chi connectivity index (χ2v) is 7.01. The summed E-state index contributed by atoms with van der Waals surface area (Å²) in [6.07, 6.45) is 1.57. The van der Waals surface area contributed by atoms with E-state index >= 15 is 0 Å². The molecule has 4 rings (SSSR count). The highest BCUT2D eigenvalue weighted by Gasteiger charge is 2.37. The Balaban J connectivity index is 1.77. The predicted octanol–water partition coefficient (Wildman–Crippen LogP) is 4.30. The number of amides is 1. The molecule has 30 heavy (non-hydrogen) atoms. The van der Waals surface area contributed by atoms with Gasteiger partial charge in [-0.3, -0.25) is 9.78 Å². The van der Waals surface area contributed by atoms with Gasteiger partial charge in [0.1, 0.15) is 11.3 Å². The van der Waals surface area contributed by atoms with Gasteiger partial charge in [0.2, 0.25) is 0 Å². The first-order chi connectivity index (χ1) is 14.7. The van der Waals surface area contributed by atoms with E-state index in [1.807, 2.05) is 91.0 Å². The van der Waals surface area contributed by atoms with Gasteiger partial charge in [-0.05, 0) is 22.8 Å². The molecule has 0 aliphatic heterocycles. The van der Waals surface area contributed by atoms with Crippen molar-refractivity contribution in [3.8, 4) is 0 Å². The van der Waals surface area contributed by atoms with Gasteiger partial charge in [-0.2, -0.15) is 0 Å². The number of rotatable bonds is 6. The first-order valence-corrected chi connectivity index (χ1v) is 9.80. The smallest absolute Gasteiger partial charge is 0.270 e. The Morgan fingerprint density at radius 3 is 1.87 bits per heavy atom. The van der Waals surface area contributed by atoms with Gasteiger partial charge in [-0.25, -0.2) is 0 Å².